The van der Waals surface area contributed by atoms with Gasteiger partial charge in [0.1, 0.15) is 0 Å². The van der Waals surface area contributed by atoms with Crippen molar-refractivity contribution in [2.45, 2.75) is 12.5 Å². The lowest BCUT2D eigenvalue weighted by molar-refractivity contribution is -0.120. The summed E-state index contributed by atoms with van der Waals surface area (Å²) >= 11 is 3.26. The largest absolute Gasteiger partial charge is 0.387 e. The number of carbonyl (C=O) groups excluding carboxylic acids is 1. The maximum atomic E-state index is 11.8. The van der Waals surface area contributed by atoms with E-state index in [1.807, 2.05) is 52.5 Å². The van der Waals surface area contributed by atoms with Crippen molar-refractivity contribution in [3.05, 3.63) is 69.7 Å². The Balaban J connectivity index is 1.53. The highest BCUT2D eigenvalue weighted by Crippen LogP contribution is 2.25. The van der Waals surface area contributed by atoms with E-state index in [-0.39, 0.29) is 12.5 Å². The van der Waals surface area contributed by atoms with E-state index in [1.54, 1.807) is 22.7 Å². The zero-order chi connectivity index (χ0) is 16.1. The number of aliphatic hydroxyl groups is 1. The molecule has 0 saturated heterocycles. The standard InChI is InChI=1S/C18H17NO2S2/c20-16(11-19-18(21)10-13-7-9-22-12-13)14-3-5-15(6-4-14)17-2-1-8-23-17/h1-9,12,16,20H,10-11H2,(H,19,21). The summed E-state index contributed by atoms with van der Waals surface area (Å²) in [7, 11) is 0. The molecule has 2 aromatic heterocycles. The second kappa shape index (κ2) is 7.55. The van der Waals surface area contributed by atoms with E-state index < -0.39 is 6.10 Å². The van der Waals surface area contributed by atoms with Crippen LogP contribution >= 0.6 is 22.7 Å². The maximum absolute atomic E-state index is 11.8. The first-order valence-corrected chi connectivity index (χ1v) is 9.14. The zero-order valence-electron chi connectivity index (χ0n) is 12.4. The molecule has 0 radical (unpaired) electrons. The minimum absolute atomic E-state index is 0.0716. The first-order valence-electron chi connectivity index (χ1n) is 7.32. The number of hydrogen-bond donors (Lipinski definition) is 2. The van der Waals surface area contributed by atoms with Crippen LogP contribution in [0.25, 0.3) is 10.4 Å². The molecule has 1 aromatic carbocycles. The molecule has 1 unspecified atom stereocenters. The van der Waals surface area contributed by atoms with Crippen LogP contribution in [0, 0.1) is 0 Å². The Kier molecular flexibility index (Phi) is 5.23. The van der Waals surface area contributed by atoms with E-state index in [0.717, 1.165) is 16.7 Å². The second-order valence-corrected chi connectivity index (χ2v) is 6.96. The highest BCUT2D eigenvalue weighted by Gasteiger charge is 2.10. The Hall–Kier alpha value is -1.95. The van der Waals surface area contributed by atoms with Gasteiger partial charge in [-0.3, -0.25) is 4.79 Å². The predicted octanol–water partition coefficient (Wildman–Crippen LogP) is 3.87. The molecular formula is C18H17NO2S2. The molecule has 1 atom stereocenters. The van der Waals surface area contributed by atoms with E-state index in [1.165, 1.54) is 4.88 Å². The number of rotatable bonds is 6. The van der Waals surface area contributed by atoms with Crippen LogP contribution in [0.1, 0.15) is 17.2 Å². The summed E-state index contributed by atoms with van der Waals surface area (Å²) in [5, 5.41) is 18.9. The van der Waals surface area contributed by atoms with Gasteiger partial charge >= 0.3 is 0 Å². The monoisotopic (exact) mass is 343 g/mol. The molecule has 118 valence electrons. The molecule has 5 heteroatoms. The number of amides is 1. The van der Waals surface area contributed by atoms with Gasteiger partial charge in [-0.25, -0.2) is 0 Å². The second-order valence-electron chi connectivity index (χ2n) is 5.23. The predicted molar refractivity (Wildman–Crippen MR) is 95.7 cm³/mol. The molecule has 0 bridgehead atoms. The topological polar surface area (TPSA) is 49.3 Å². The molecule has 3 rings (SSSR count). The number of carbonyl (C=O) groups is 1. The Morgan fingerprint density at radius 2 is 1.96 bits per heavy atom. The van der Waals surface area contributed by atoms with Crippen LogP contribution in [-0.4, -0.2) is 17.6 Å². The smallest absolute Gasteiger partial charge is 0.224 e. The Morgan fingerprint density at radius 1 is 1.13 bits per heavy atom. The Labute approximate surface area is 143 Å². The van der Waals surface area contributed by atoms with E-state index in [9.17, 15) is 9.90 Å². The number of aliphatic hydroxyl groups excluding tert-OH is 1. The van der Waals surface area contributed by atoms with Crippen LogP contribution in [0.5, 0.6) is 0 Å². The van der Waals surface area contributed by atoms with Crippen LogP contribution in [0.3, 0.4) is 0 Å². The maximum Gasteiger partial charge on any atom is 0.224 e. The SMILES string of the molecule is O=C(Cc1ccsc1)NCC(O)c1ccc(-c2cccs2)cc1. The van der Waals surface area contributed by atoms with Crippen molar-refractivity contribution in [2.24, 2.45) is 0 Å². The molecule has 0 fully saturated rings. The lowest BCUT2D eigenvalue weighted by atomic mass is 10.1. The van der Waals surface area contributed by atoms with Crippen molar-refractivity contribution in [2.75, 3.05) is 6.54 Å². The first kappa shape index (κ1) is 15.9. The van der Waals surface area contributed by atoms with Crippen LogP contribution in [-0.2, 0) is 11.2 Å². The summed E-state index contributed by atoms with van der Waals surface area (Å²) in [6.45, 7) is 0.224. The minimum Gasteiger partial charge on any atom is -0.387 e. The summed E-state index contributed by atoms with van der Waals surface area (Å²) in [5.41, 5.74) is 2.95. The van der Waals surface area contributed by atoms with Crippen molar-refractivity contribution < 1.29 is 9.90 Å². The molecule has 0 aliphatic rings. The molecular weight excluding hydrogens is 326 g/mol. The van der Waals surface area contributed by atoms with Crippen molar-refractivity contribution in [1.29, 1.82) is 0 Å². The number of hydrogen-bond acceptors (Lipinski definition) is 4. The van der Waals surface area contributed by atoms with Crippen molar-refractivity contribution in [3.8, 4) is 10.4 Å². The van der Waals surface area contributed by atoms with E-state index in [2.05, 4.69) is 11.4 Å². The Bertz CT molecular complexity index is 734. The number of thiophene rings is 2. The van der Waals surface area contributed by atoms with Gasteiger partial charge in [0.05, 0.1) is 12.5 Å². The van der Waals surface area contributed by atoms with Gasteiger partial charge in [0.25, 0.3) is 0 Å². The van der Waals surface area contributed by atoms with Crippen molar-refractivity contribution >= 4 is 28.6 Å². The average molecular weight is 343 g/mol. The molecule has 0 aliphatic heterocycles. The van der Waals surface area contributed by atoms with Crippen molar-refractivity contribution in [1.82, 2.24) is 5.32 Å². The van der Waals surface area contributed by atoms with Crippen LogP contribution in [0.2, 0.25) is 0 Å². The number of benzene rings is 1. The molecule has 23 heavy (non-hydrogen) atoms. The lowest BCUT2D eigenvalue weighted by Gasteiger charge is -2.12. The third-order valence-electron chi connectivity index (χ3n) is 3.54. The van der Waals surface area contributed by atoms with Gasteiger partial charge < -0.3 is 10.4 Å². The van der Waals surface area contributed by atoms with Gasteiger partial charge in [-0.15, -0.1) is 11.3 Å². The highest BCUT2D eigenvalue weighted by molar-refractivity contribution is 7.13. The highest BCUT2D eigenvalue weighted by atomic mass is 32.1. The fourth-order valence-electron chi connectivity index (χ4n) is 2.28. The molecule has 0 aliphatic carbocycles. The van der Waals surface area contributed by atoms with Crippen LogP contribution in [0.15, 0.2) is 58.6 Å². The lowest BCUT2D eigenvalue weighted by Crippen LogP contribution is -2.29. The molecule has 3 aromatic rings. The molecule has 2 N–H and O–H groups in total. The van der Waals surface area contributed by atoms with Gasteiger partial charge in [-0.2, -0.15) is 11.3 Å². The summed E-state index contributed by atoms with van der Waals surface area (Å²) in [5.74, 6) is -0.0716. The van der Waals surface area contributed by atoms with Crippen LogP contribution < -0.4 is 5.32 Å². The van der Waals surface area contributed by atoms with Gasteiger partial charge in [-0.05, 0) is 45.0 Å². The third-order valence-corrected chi connectivity index (χ3v) is 5.19. The van der Waals surface area contributed by atoms with Gasteiger partial charge in [-0.1, -0.05) is 30.3 Å². The average Bonchev–Trinajstić information content (AvgIpc) is 3.26. The first-order chi connectivity index (χ1) is 11.2. The summed E-state index contributed by atoms with van der Waals surface area (Å²) in [6, 6.07) is 13.8. The molecule has 2 heterocycles. The van der Waals surface area contributed by atoms with Gasteiger partial charge in [0.15, 0.2) is 0 Å². The fraction of sp³-hybridized carbons (Fsp3) is 0.167. The molecule has 1 amide bonds. The Morgan fingerprint density at radius 3 is 2.61 bits per heavy atom. The number of nitrogens with one attached hydrogen (secondary N) is 1. The summed E-state index contributed by atoms with van der Waals surface area (Å²) in [6.07, 6.45) is -0.341. The van der Waals surface area contributed by atoms with Crippen LogP contribution in [0.4, 0.5) is 0 Å². The van der Waals surface area contributed by atoms with Gasteiger partial charge in [0, 0.05) is 11.4 Å². The molecule has 0 saturated carbocycles. The zero-order valence-corrected chi connectivity index (χ0v) is 14.1. The molecule has 0 spiro atoms. The molecule has 3 nitrogen and oxygen atoms in total. The van der Waals surface area contributed by atoms with Crippen molar-refractivity contribution in [3.63, 3.8) is 0 Å². The van der Waals surface area contributed by atoms with Gasteiger partial charge in [0.2, 0.25) is 5.91 Å². The minimum atomic E-state index is -0.696. The fourth-order valence-corrected chi connectivity index (χ4v) is 3.68. The van der Waals surface area contributed by atoms with E-state index in [4.69, 9.17) is 0 Å². The van der Waals surface area contributed by atoms with E-state index in [0.29, 0.717) is 6.42 Å². The normalized spacial score (nSPS) is 12.0. The third kappa shape index (κ3) is 4.28. The summed E-state index contributed by atoms with van der Waals surface area (Å²) < 4.78 is 0. The summed E-state index contributed by atoms with van der Waals surface area (Å²) in [4.78, 5) is 13.0. The quantitative estimate of drug-likeness (QED) is 0.714. The van der Waals surface area contributed by atoms with E-state index >= 15 is 0 Å².